The van der Waals surface area contributed by atoms with Gasteiger partial charge in [0.25, 0.3) is 0 Å². The molecule has 0 fully saturated rings. The molecule has 0 amide bonds. The number of ether oxygens (including phenoxy) is 2. The zero-order valence-electron chi connectivity index (χ0n) is 11.2. The van der Waals surface area contributed by atoms with Crippen molar-refractivity contribution in [3.8, 4) is 17.6 Å². The third kappa shape index (κ3) is 2.87. The van der Waals surface area contributed by atoms with Crippen molar-refractivity contribution in [3.05, 3.63) is 59.4 Å². The zero-order chi connectivity index (χ0) is 14.7. The molecule has 3 nitrogen and oxygen atoms in total. The topological polar surface area (TPSA) is 42.2 Å². The van der Waals surface area contributed by atoms with Gasteiger partial charge in [0.05, 0.1) is 11.6 Å². The van der Waals surface area contributed by atoms with Crippen LogP contribution in [0.4, 0.5) is 4.39 Å². The van der Waals surface area contributed by atoms with Crippen molar-refractivity contribution >= 4 is 11.6 Å². The van der Waals surface area contributed by atoms with E-state index in [1.165, 1.54) is 12.1 Å². The Balaban J connectivity index is 1.97. The molecule has 0 unspecified atom stereocenters. The number of hydrogen-bond donors (Lipinski definition) is 0. The molecule has 4 heteroatoms. The van der Waals surface area contributed by atoms with Gasteiger partial charge in [-0.25, -0.2) is 4.39 Å². The van der Waals surface area contributed by atoms with Gasteiger partial charge < -0.3 is 9.47 Å². The molecule has 2 aromatic carbocycles. The normalized spacial score (nSPS) is 13.6. The van der Waals surface area contributed by atoms with Crippen LogP contribution in [0, 0.1) is 17.1 Å². The van der Waals surface area contributed by atoms with Crippen LogP contribution in [0.15, 0.2) is 42.5 Å². The first-order valence-electron chi connectivity index (χ1n) is 6.53. The maximum absolute atomic E-state index is 13.3. The van der Waals surface area contributed by atoms with Crippen LogP contribution in [0.5, 0.6) is 11.5 Å². The SMILES string of the molecule is N#C/C(=C/c1ccc2c(c1)OCCO2)c1cccc(F)c1. The maximum atomic E-state index is 13.3. The summed E-state index contributed by atoms with van der Waals surface area (Å²) in [4.78, 5) is 0. The predicted octanol–water partition coefficient (Wildman–Crippen LogP) is 3.66. The summed E-state index contributed by atoms with van der Waals surface area (Å²) < 4.78 is 24.2. The molecule has 0 atom stereocenters. The second-order valence-electron chi connectivity index (χ2n) is 4.58. The lowest BCUT2D eigenvalue weighted by Crippen LogP contribution is -2.15. The summed E-state index contributed by atoms with van der Waals surface area (Å²) in [6, 6.07) is 13.5. The predicted molar refractivity (Wildman–Crippen MR) is 77.3 cm³/mol. The van der Waals surface area contributed by atoms with Gasteiger partial charge in [0, 0.05) is 0 Å². The van der Waals surface area contributed by atoms with Crippen molar-refractivity contribution in [1.29, 1.82) is 5.26 Å². The van der Waals surface area contributed by atoms with Crippen LogP contribution in [0.1, 0.15) is 11.1 Å². The van der Waals surface area contributed by atoms with Crippen LogP contribution in [-0.4, -0.2) is 13.2 Å². The highest BCUT2D eigenvalue weighted by Gasteiger charge is 2.11. The summed E-state index contributed by atoms with van der Waals surface area (Å²) in [7, 11) is 0. The fourth-order valence-electron chi connectivity index (χ4n) is 2.15. The molecule has 0 aliphatic carbocycles. The lowest BCUT2D eigenvalue weighted by atomic mass is 10.0. The molecule has 1 aliphatic rings. The van der Waals surface area contributed by atoms with Crippen molar-refractivity contribution in [2.24, 2.45) is 0 Å². The second kappa shape index (κ2) is 5.68. The smallest absolute Gasteiger partial charge is 0.161 e. The van der Waals surface area contributed by atoms with Gasteiger partial charge in [-0.2, -0.15) is 5.26 Å². The summed E-state index contributed by atoms with van der Waals surface area (Å²) >= 11 is 0. The highest BCUT2D eigenvalue weighted by atomic mass is 19.1. The molecule has 0 N–H and O–H groups in total. The molecular weight excluding hydrogens is 269 g/mol. The highest BCUT2D eigenvalue weighted by molar-refractivity contribution is 5.89. The van der Waals surface area contributed by atoms with Gasteiger partial charge in [0.2, 0.25) is 0 Å². The van der Waals surface area contributed by atoms with Crippen molar-refractivity contribution < 1.29 is 13.9 Å². The Morgan fingerprint density at radius 2 is 1.90 bits per heavy atom. The molecule has 0 bridgehead atoms. The average Bonchev–Trinajstić information content (AvgIpc) is 2.52. The maximum Gasteiger partial charge on any atom is 0.161 e. The van der Waals surface area contributed by atoms with Crippen LogP contribution < -0.4 is 9.47 Å². The lowest BCUT2D eigenvalue weighted by molar-refractivity contribution is 0.171. The summed E-state index contributed by atoms with van der Waals surface area (Å²) in [5.41, 5.74) is 1.75. The molecule has 0 saturated carbocycles. The minimum absolute atomic E-state index is 0.365. The van der Waals surface area contributed by atoms with E-state index in [2.05, 4.69) is 6.07 Å². The van der Waals surface area contributed by atoms with Crippen LogP contribution in [0.3, 0.4) is 0 Å². The Morgan fingerprint density at radius 1 is 1.10 bits per heavy atom. The third-order valence-corrected chi connectivity index (χ3v) is 3.13. The minimum Gasteiger partial charge on any atom is -0.486 e. The third-order valence-electron chi connectivity index (χ3n) is 3.13. The molecule has 0 saturated heterocycles. The summed E-state index contributed by atoms with van der Waals surface area (Å²) in [5.74, 6) is 0.991. The van der Waals surface area contributed by atoms with Crippen molar-refractivity contribution in [3.63, 3.8) is 0 Å². The molecular formula is C17H12FNO2. The first kappa shape index (κ1) is 13.2. The van der Waals surface area contributed by atoms with Gasteiger partial charge in [-0.3, -0.25) is 0 Å². The summed E-state index contributed by atoms with van der Waals surface area (Å²) in [5, 5.41) is 9.27. The van der Waals surface area contributed by atoms with E-state index in [1.54, 1.807) is 24.3 Å². The fraction of sp³-hybridized carbons (Fsp3) is 0.118. The standard InChI is InChI=1S/C17H12FNO2/c18-15-3-1-2-13(10-15)14(11-19)8-12-4-5-16-17(9-12)21-7-6-20-16/h1-5,8-10H,6-7H2/b14-8-. The number of rotatable bonds is 2. The molecule has 0 radical (unpaired) electrons. The number of allylic oxidation sites excluding steroid dienone is 1. The zero-order valence-corrected chi connectivity index (χ0v) is 11.2. The fourth-order valence-corrected chi connectivity index (χ4v) is 2.15. The van der Waals surface area contributed by atoms with Crippen LogP contribution in [-0.2, 0) is 0 Å². The number of nitrogens with zero attached hydrogens (tertiary/aromatic N) is 1. The molecule has 1 heterocycles. The van der Waals surface area contributed by atoms with Gasteiger partial charge in [-0.05, 0) is 41.5 Å². The van der Waals surface area contributed by atoms with E-state index in [0.29, 0.717) is 35.8 Å². The van der Waals surface area contributed by atoms with Gasteiger partial charge in [0.1, 0.15) is 19.0 Å². The number of benzene rings is 2. The van der Waals surface area contributed by atoms with Gasteiger partial charge in [0.15, 0.2) is 11.5 Å². The van der Waals surface area contributed by atoms with Gasteiger partial charge in [-0.15, -0.1) is 0 Å². The Morgan fingerprint density at radius 3 is 2.67 bits per heavy atom. The van der Waals surface area contributed by atoms with Crippen LogP contribution in [0.2, 0.25) is 0 Å². The Kier molecular flexibility index (Phi) is 3.57. The first-order chi connectivity index (χ1) is 10.3. The molecule has 21 heavy (non-hydrogen) atoms. The second-order valence-corrected chi connectivity index (χ2v) is 4.58. The van der Waals surface area contributed by atoms with E-state index in [0.717, 1.165) is 5.56 Å². The van der Waals surface area contributed by atoms with E-state index < -0.39 is 0 Å². The lowest BCUT2D eigenvalue weighted by Gasteiger charge is -2.18. The quantitative estimate of drug-likeness (QED) is 0.623. The summed E-state index contributed by atoms with van der Waals surface area (Å²) in [6.07, 6.45) is 1.70. The highest BCUT2D eigenvalue weighted by Crippen LogP contribution is 2.32. The minimum atomic E-state index is -0.365. The molecule has 0 spiro atoms. The number of halogens is 1. The molecule has 1 aliphatic heterocycles. The summed E-state index contributed by atoms with van der Waals surface area (Å²) in [6.45, 7) is 1.05. The molecule has 3 rings (SSSR count). The van der Waals surface area contributed by atoms with Gasteiger partial charge >= 0.3 is 0 Å². The van der Waals surface area contributed by atoms with E-state index in [-0.39, 0.29) is 5.82 Å². The largest absolute Gasteiger partial charge is 0.486 e. The molecule has 0 aromatic heterocycles. The van der Waals surface area contributed by atoms with Crippen molar-refractivity contribution in [2.75, 3.05) is 13.2 Å². The van der Waals surface area contributed by atoms with E-state index in [9.17, 15) is 9.65 Å². The van der Waals surface area contributed by atoms with Crippen molar-refractivity contribution in [1.82, 2.24) is 0 Å². The van der Waals surface area contributed by atoms with E-state index in [4.69, 9.17) is 9.47 Å². The number of hydrogen-bond acceptors (Lipinski definition) is 3. The number of nitriles is 1. The Labute approximate surface area is 121 Å². The van der Waals surface area contributed by atoms with Crippen LogP contribution in [0.25, 0.3) is 11.6 Å². The van der Waals surface area contributed by atoms with Crippen molar-refractivity contribution in [2.45, 2.75) is 0 Å². The first-order valence-corrected chi connectivity index (χ1v) is 6.53. The van der Waals surface area contributed by atoms with E-state index >= 15 is 0 Å². The van der Waals surface area contributed by atoms with Crippen LogP contribution >= 0.6 is 0 Å². The molecule has 2 aromatic rings. The Bertz CT molecular complexity index is 747. The monoisotopic (exact) mass is 281 g/mol. The average molecular weight is 281 g/mol. The van der Waals surface area contributed by atoms with Gasteiger partial charge in [-0.1, -0.05) is 18.2 Å². The Hall–Kier alpha value is -2.80. The molecule has 104 valence electrons. The number of fused-ring (bicyclic) bond motifs is 1. The van der Waals surface area contributed by atoms with E-state index in [1.807, 2.05) is 12.1 Å².